The van der Waals surface area contributed by atoms with Crippen molar-refractivity contribution in [3.05, 3.63) is 29.3 Å². The van der Waals surface area contributed by atoms with Gasteiger partial charge in [0.1, 0.15) is 0 Å². The van der Waals surface area contributed by atoms with E-state index in [1.807, 2.05) is 29.2 Å². The van der Waals surface area contributed by atoms with Crippen molar-refractivity contribution in [2.45, 2.75) is 39.0 Å². The second-order valence-electron chi connectivity index (χ2n) is 6.14. The maximum atomic E-state index is 12.4. The number of carbonyl (C=O) groups excluding carboxylic acids is 1. The predicted molar refractivity (Wildman–Crippen MR) is 93.0 cm³/mol. The Hall–Kier alpha value is -0.670. The molecule has 0 aliphatic rings. The average molecular weight is 328 g/mol. The minimum atomic E-state index is 0.263. The smallest absolute Gasteiger partial charge is 0.223 e. The molecule has 0 saturated carbocycles. The molecule has 2 nitrogen and oxygen atoms in total. The lowest BCUT2D eigenvalue weighted by atomic mass is 10.1. The van der Waals surface area contributed by atoms with Crippen molar-refractivity contribution >= 4 is 29.3 Å². The molecule has 0 atom stereocenters. The van der Waals surface area contributed by atoms with Crippen LogP contribution in [0, 0.1) is 11.8 Å². The molecule has 0 saturated heterocycles. The van der Waals surface area contributed by atoms with E-state index in [1.165, 1.54) is 0 Å². The van der Waals surface area contributed by atoms with Gasteiger partial charge >= 0.3 is 0 Å². The van der Waals surface area contributed by atoms with Crippen LogP contribution in [-0.4, -0.2) is 29.6 Å². The van der Waals surface area contributed by atoms with Gasteiger partial charge in [0.2, 0.25) is 5.91 Å². The highest BCUT2D eigenvalue weighted by Gasteiger charge is 2.15. The standard InChI is InChI=1S/C17H26ClNOS/c1-13(2)11-19(12-14(3)4)17(20)9-10-21-16-7-5-15(18)6-8-16/h5-8,13-14H,9-12H2,1-4H3. The number of benzene rings is 1. The van der Waals surface area contributed by atoms with Gasteiger partial charge in [-0.1, -0.05) is 39.3 Å². The van der Waals surface area contributed by atoms with Gasteiger partial charge in [-0.15, -0.1) is 11.8 Å². The van der Waals surface area contributed by atoms with E-state index in [9.17, 15) is 4.79 Å². The predicted octanol–water partition coefficient (Wildman–Crippen LogP) is 4.96. The Morgan fingerprint density at radius 2 is 1.62 bits per heavy atom. The molecule has 1 rings (SSSR count). The normalized spacial score (nSPS) is 11.2. The maximum Gasteiger partial charge on any atom is 0.223 e. The number of amides is 1. The van der Waals surface area contributed by atoms with E-state index < -0.39 is 0 Å². The van der Waals surface area contributed by atoms with Crippen LogP contribution in [0.2, 0.25) is 5.02 Å². The third-order valence-corrected chi connectivity index (χ3v) is 4.19. The summed E-state index contributed by atoms with van der Waals surface area (Å²) >= 11 is 7.57. The number of hydrogen-bond acceptors (Lipinski definition) is 2. The summed E-state index contributed by atoms with van der Waals surface area (Å²) in [6.45, 7) is 10.3. The van der Waals surface area contributed by atoms with Crippen LogP contribution in [0.3, 0.4) is 0 Å². The van der Waals surface area contributed by atoms with Crippen LogP contribution >= 0.6 is 23.4 Å². The molecule has 118 valence electrons. The summed E-state index contributed by atoms with van der Waals surface area (Å²) < 4.78 is 0. The van der Waals surface area contributed by atoms with Crippen LogP contribution in [0.15, 0.2) is 29.2 Å². The minimum Gasteiger partial charge on any atom is -0.342 e. The van der Waals surface area contributed by atoms with Crippen molar-refractivity contribution in [3.8, 4) is 0 Å². The van der Waals surface area contributed by atoms with E-state index in [-0.39, 0.29) is 5.91 Å². The summed E-state index contributed by atoms with van der Waals surface area (Å²) in [4.78, 5) is 15.5. The van der Waals surface area contributed by atoms with Crippen molar-refractivity contribution in [2.75, 3.05) is 18.8 Å². The topological polar surface area (TPSA) is 20.3 Å². The Bertz CT molecular complexity index is 421. The van der Waals surface area contributed by atoms with Crippen LogP contribution in [-0.2, 0) is 4.79 Å². The number of hydrogen-bond donors (Lipinski definition) is 0. The maximum absolute atomic E-state index is 12.4. The Morgan fingerprint density at radius 3 is 2.10 bits per heavy atom. The first-order valence-electron chi connectivity index (χ1n) is 7.54. The highest BCUT2D eigenvalue weighted by Crippen LogP contribution is 2.21. The fourth-order valence-corrected chi connectivity index (χ4v) is 3.07. The first-order valence-corrected chi connectivity index (χ1v) is 8.91. The molecule has 4 heteroatoms. The van der Waals surface area contributed by atoms with Crippen LogP contribution in [0.1, 0.15) is 34.1 Å². The highest BCUT2D eigenvalue weighted by atomic mass is 35.5. The first kappa shape index (κ1) is 18.4. The monoisotopic (exact) mass is 327 g/mol. The number of carbonyl (C=O) groups is 1. The fourth-order valence-electron chi connectivity index (χ4n) is 2.10. The molecular formula is C17H26ClNOS. The summed E-state index contributed by atoms with van der Waals surface area (Å²) in [7, 11) is 0. The average Bonchev–Trinajstić information content (AvgIpc) is 2.39. The van der Waals surface area contributed by atoms with Gasteiger partial charge in [-0.2, -0.15) is 0 Å². The zero-order chi connectivity index (χ0) is 15.8. The zero-order valence-corrected chi connectivity index (χ0v) is 15.0. The molecule has 1 aromatic rings. The number of thioether (sulfide) groups is 1. The van der Waals surface area contributed by atoms with Crippen molar-refractivity contribution in [1.82, 2.24) is 4.90 Å². The van der Waals surface area contributed by atoms with Crippen molar-refractivity contribution in [2.24, 2.45) is 11.8 Å². The van der Waals surface area contributed by atoms with Crippen LogP contribution in [0.5, 0.6) is 0 Å². The first-order chi connectivity index (χ1) is 9.88. The van der Waals surface area contributed by atoms with Gasteiger partial charge in [-0.3, -0.25) is 4.79 Å². The van der Waals surface area contributed by atoms with Gasteiger partial charge in [0.25, 0.3) is 0 Å². The van der Waals surface area contributed by atoms with Crippen LogP contribution in [0.25, 0.3) is 0 Å². The van der Waals surface area contributed by atoms with E-state index >= 15 is 0 Å². The van der Waals surface area contributed by atoms with Crippen LogP contribution < -0.4 is 0 Å². The summed E-state index contributed by atoms with van der Waals surface area (Å²) in [5, 5.41) is 0.746. The quantitative estimate of drug-likeness (QED) is 0.629. The lowest BCUT2D eigenvalue weighted by molar-refractivity contribution is -0.131. The SMILES string of the molecule is CC(C)CN(CC(C)C)C(=O)CCSc1ccc(Cl)cc1. The summed E-state index contributed by atoms with van der Waals surface area (Å²) in [6.07, 6.45) is 0.590. The molecule has 0 N–H and O–H groups in total. The second kappa shape index (κ2) is 9.37. The van der Waals surface area contributed by atoms with Gasteiger partial charge in [0.15, 0.2) is 0 Å². The molecule has 21 heavy (non-hydrogen) atoms. The molecule has 0 fully saturated rings. The Labute approximate surface area is 138 Å². The van der Waals surface area contributed by atoms with E-state index in [4.69, 9.17) is 11.6 Å². The number of halogens is 1. The lowest BCUT2D eigenvalue weighted by Gasteiger charge is -2.26. The van der Waals surface area contributed by atoms with E-state index in [0.717, 1.165) is 28.8 Å². The minimum absolute atomic E-state index is 0.263. The molecule has 0 aliphatic heterocycles. The fraction of sp³-hybridized carbons (Fsp3) is 0.588. The summed E-state index contributed by atoms with van der Waals surface area (Å²) in [5.41, 5.74) is 0. The molecule has 0 aromatic heterocycles. The Balaban J connectivity index is 2.43. The van der Waals surface area contributed by atoms with E-state index in [0.29, 0.717) is 18.3 Å². The second-order valence-corrected chi connectivity index (χ2v) is 7.74. The summed E-state index contributed by atoms with van der Waals surface area (Å²) in [5.74, 6) is 2.10. The Morgan fingerprint density at radius 1 is 1.10 bits per heavy atom. The lowest BCUT2D eigenvalue weighted by Crippen LogP contribution is -2.37. The Kier molecular flexibility index (Phi) is 8.20. The van der Waals surface area contributed by atoms with Crippen LogP contribution in [0.4, 0.5) is 0 Å². The van der Waals surface area contributed by atoms with E-state index in [2.05, 4.69) is 27.7 Å². The van der Waals surface area contributed by atoms with Gasteiger partial charge in [-0.25, -0.2) is 0 Å². The molecule has 0 radical (unpaired) electrons. The molecule has 0 spiro atoms. The van der Waals surface area contributed by atoms with Gasteiger partial charge in [-0.05, 0) is 36.1 Å². The zero-order valence-electron chi connectivity index (χ0n) is 13.4. The molecule has 0 unspecified atom stereocenters. The molecule has 0 bridgehead atoms. The van der Waals surface area contributed by atoms with Gasteiger partial charge in [0, 0.05) is 35.2 Å². The summed E-state index contributed by atoms with van der Waals surface area (Å²) in [6, 6.07) is 7.76. The number of rotatable bonds is 8. The number of nitrogens with zero attached hydrogens (tertiary/aromatic N) is 1. The molecule has 0 aliphatic carbocycles. The third kappa shape index (κ3) is 7.77. The van der Waals surface area contributed by atoms with Crippen molar-refractivity contribution in [1.29, 1.82) is 0 Å². The van der Waals surface area contributed by atoms with Gasteiger partial charge in [0.05, 0.1) is 0 Å². The molecular weight excluding hydrogens is 302 g/mol. The third-order valence-electron chi connectivity index (χ3n) is 2.92. The largest absolute Gasteiger partial charge is 0.342 e. The molecule has 1 amide bonds. The molecule has 1 aromatic carbocycles. The van der Waals surface area contributed by atoms with E-state index in [1.54, 1.807) is 11.8 Å². The van der Waals surface area contributed by atoms with Gasteiger partial charge < -0.3 is 4.90 Å². The molecule has 0 heterocycles. The van der Waals surface area contributed by atoms with Crippen molar-refractivity contribution in [3.63, 3.8) is 0 Å². The highest BCUT2D eigenvalue weighted by molar-refractivity contribution is 7.99. The van der Waals surface area contributed by atoms with Crippen molar-refractivity contribution < 1.29 is 4.79 Å².